The molecule has 3 unspecified atom stereocenters. The fourth-order valence-corrected chi connectivity index (χ4v) is 10.6. The molecule has 45 heavy (non-hydrogen) atoms. The highest BCUT2D eigenvalue weighted by molar-refractivity contribution is 5.94. The lowest BCUT2D eigenvalue weighted by Gasteiger charge is -2.41. The first-order valence-corrected chi connectivity index (χ1v) is 18.2. The summed E-state index contributed by atoms with van der Waals surface area (Å²) in [5.74, 6) is 4.90. The topological polar surface area (TPSA) is 41.9 Å². The van der Waals surface area contributed by atoms with Gasteiger partial charge in [-0.3, -0.25) is 4.90 Å². The fourth-order valence-electron chi connectivity index (χ4n) is 10.6. The van der Waals surface area contributed by atoms with Crippen LogP contribution >= 0.6 is 0 Å². The molecule has 4 saturated carbocycles. The van der Waals surface area contributed by atoms with Crippen LogP contribution in [0, 0.1) is 29.6 Å². The molecule has 0 bridgehead atoms. The lowest BCUT2D eigenvalue weighted by atomic mass is 9.80. The van der Waals surface area contributed by atoms with Crippen LogP contribution in [0.15, 0.2) is 60.7 Å². The maximum atomic E-state index is 10.4. The van der Waals surface area contributed by atoms with Gasteiger partial charge in [0.2, 0.25) is 6.79 Å². The maximum absolute atomic E-state index is 10.4. The number of hydrogen-bond acceptors (Lipinski definition) is 4. The monoisotopic (exact) mass is 603 g/mol. The summed E-state index contributed by atoms with van der Waals surface area (Å²) in [6.07, 6.45) is 22.6. The van der Waals surface area contributed by atoms with Gasteiger partial charge in [-0.15, -0.1) is 0 Å². The van der Waals surface area contributed by atoms with Gasteiger partial charge in [0.15, 0.2) is 11.5 Å². The maximum Gasteiger partial charge on any atom is 0.231 e. The summed E-state index contributed by atoms with van der Waals surface area (Å²) in [4.78, 5) is 3.05. The van der Waals surface area contributed by atoms with Gasteiger partial charge >= 0.3 is 0 Å². The number of nitrogens with zero attached hydrogens (tertiary/aromatic N) is 1. The zero-order valence-corrected chi connectivity index (χ0v) is 26.8. The van der Waals surface area contributed by atoms with Crippen LogP contribution in [0.5, 0.6) is 11.5 Å². The van der Waals surface area contributed by atoms with E-state index in [0.29, 0.717) is 24.7 Å². The van der Waals surface area contributed by atoms with E-state index in [1.54, 1.807) is 5.57 Å². The van der Waals surface area contributed by atoms with E-state index in [1.807, 2.05) is 6.07 Å². The van der Waals surface area contributed by atoms with Crippen molar-refractivity contribution in [1.82, 2.24) is 4.90 Å². The van der Waals surface area contributed by atoms with Crippen molar-refractivity contribution in [2.75, 3.05) is 19.9 Å². The average molecular weight is 604 g/mol. The molecule has 236 valence electrons. The number of rotatable bonds is 7. The van der Waals surface area contributed by atoms with Crippen molar-refractivity contribution in [3.63, 3.8) is 0 Å². The standard InChI is InChI=1S/C41H49NO3/c1-26-18-31(34-12-6-10-30(34)24-43)21-36(35-20-28(13-15-33(26)35)29-14-16-39-40(22-29)45-25-44-39)41(37-23-38(37)41)42-17-7-11-32(42)19-27-8-4-2-3-5-9-27/h13-16,18,20-22,27,30,32,34,37-38,43H,1-12,17,19,23-25H2/t30-,32-,34?,37?,38?,41?/m0/s1. The van der Waals surface area contributed by atoms with Crippen molar-refractivity contribution in [3.05, 3.63) is 71.8 Å². The first kappa shape index (κ1) is 28.4. The molecular weight excluding hydrogens is 554 g/mol. The summed E-state index contributed by atoms with van der Waals surface area (Å²) in [6.45, 7) is 6.50. The lowest BCUT2D eigenvalue weighted by molar-refractivity contribution is 0.136. The molecule has 4 nitrogen and oxygen atoms in total. The second-order valence-electron chi connectivity index (χ2n) is 15.4. The van der Waals surface area contributed by atoms with Crippen LogP contribution < -0.4 is 9.47 Å². The summed E-state index contributed by atoms with van der Waals surface area (Å²) < 4.78 is 11.4. The zero-order valence-electron chi connectivity index (χ0n) is 26.8. The molecule has 5 fully saturated rings. The molecule has 5 aliphatic carbocycles. The van der Waals surface area contributed by atoms with Gasteiger partial charge in [-0.1, -0.05) is 81.9 Å². The van der Waals surface area contributed by atoms with E-state index in [-0.39, 0.29) is 12.1 Å². The number of hydrogen-bond donors (Lipinski definition) is 1. The number of benzene rings is 2. The van der Waals surface area contributed by atoms with E-state index in [1.165, 1.54) is 111 Å². The molecule has 2 aromatic carbocycles. The Kier molecular flexibility index (Phi) is 7.05. The van der Waals surface area contributed by atoms with Crippen LogP contribution in [0.2, 0.25) is 0 Å². The zero-order chi connectivity index (χ0) is 30.1. The summed E-state index contributed by atoms with van der Waals surface area (Å²) in [5, 5.41) is 10.4. The quantitative estimate of drug-likeness (QED) is 0.321. The molecule has 2 aromatic rings. The van der Waals surface area contributed by atoms with Crippen LogP contribution in [0.1, 0.15) is 94.6 Å². The molecule has 4 heteroatoms. The SMILES string of the molecule is C=C1C=C(C2CCC[C@H]2CO)C=C(C2(N3CCC[C@H]3CC3CCCCCC3)C3CC32)c2cc(-c3ccc4c(c3)OCO4)ccc21. The summed E-state index contributed by atoms with van der Waals surface area (Å²) in [6, 6.07) is 14.1. The Labute approximate surface area is 269 Å². The first-order valence-electron chi connectivity index (χ1n) is 18.2. The van der Waals surface area contributed by atoms with Gasteiger partial charge in [-0.05, 0) is 132 Å². The van der Waals surface area contributed by atoms with Gasteiger partial charge in [0, 0.05) is 12.6 Å². The number of likely N-dealkylation sites (tertiary alicyclic amines) is 1. The van der Waals surface area contributed by atoms with E-state index in [0.717, 1.165) is 41.2 Å². The van der Waals surface area contributed by atoms with Crippen LogP contribution in [-0.2, 0) is 0 Å². The number of aliphatic hydroxyl groups excluding tert-OH is 1. The van der Waals surface area contributed by atoms with E-state index < -0.39 is 0 Å². The molecule has 0 aromatic heterocycles. The molecule has 7 aliphatic rings. The van der Waals surface area contributed by atoms with E-state index in [2.05, 4.69) is 54.0 Å². The highest BCUT2D eigenvalue weighted by Crippen LogP contribution is 2.79. The Morgan fingerprint density at radius 2 is 1.60 bits per heavy atom. The molecule has 0 spiro atoms. The predicted octanol–water partition coefficient (Wildman–Crippen LogP) is 9.04. The van der Waals surface area contributed by atoms with Gasteiger partial charge in [-0.2, -0.15) is 0 Å². The number of ether oxygens (including phenoxy) is 2. The lowest BCUT2D eigenvalue weighted by Crippen LogP contribution is -2.47. The average Bonchev–Trinajstić information content (AvgIpc) is 3.78. The molecule has 9 rings (SSSR count). The minimum absolute atomic E-state index is 0.158. The third-order valence-corrected chi connectivity index (χ3v) is 13.0. The highest BCUT2D eigenvalue weighted by atomic mass is 16.7. The second-order valence-corrected chi connectivity index (χ2v) is 15.4. The van der Waals surface area contributed by atoms with Gasteiger partial charge in [-0.25, -0.2) is 0 Å². The Balaban J connectivity index is 1.15. The van der Waals surface area contributed by atoms with Gasteiger partial charge in [0.1, 0.15) is 0 Å². The van der Waals surface area contributed by atoms with Crippen molar-refractivity contribution in [3.8, 4) is 22.6 Å². The molecule has 5 atom stereocenters. The van der Waals surface area contributed by atoms with Crippen molar-refractivity contribution < 1.29 is 14.6 Å². The number of aliphatic hydroxyl groups is 1. The minimum Gasteiger partial charge on any atom is -0.454 e. The Hall–Kier alpha value is -2.82. The van der Waals surface area contributed by atoms with Crippen molar-refractivity contribution in [1.29, 1.82) is 0 Å². The van der Waals surface area contributed by atoms with E-state index >= 15 is 0 Å². The van der Waals surface area contributed by atoms with Gasteiger partial charge < -0.3 is 14.6 Å². The molecule has 0 radical (unpaired) electrons. The van der Waals surface area contributed by atoms with E-state index in [9.17, 15) is 5.11 Å². The Morgan fingerprint density at radius 3 is 2.40 bits per heavy atom. The normalized spacial score (nSPS) is 34.1. The Bertz CT molecular complexity index is 1550. The molecule has 2 aliphatic heterocycles. The number of fused-ring (bicyclic) bond motifs is 3. The fraction of sp³-hybridized carbons (Fsp3) is 0.561. The third-order valence-electron chi connectivity index (χ3n) is 13.0. The van der Waals surface area contributed by atoms with Crippen LogP contribution in [0.4, 0.5) is 0 Å². The molecular formula is C41H49NO3. The number of allylic oxidation sites excluding steroid dienone is 4. The summed E-state index contributed by atoms with van der Waals surface area (Å²) >= 11 is 0. The predicted molar refractivity (Wildman–Crippen MR) is 181 cm³/mol. The van der Waals surface area contributed by atoms with E-state index in [4.69, 9.17) is 9.47 Å². The van der Waals surface area contributed by atoms with Crippen molar-refractivity contribution >= 4 is 11.1 Å². The molecule has 1 saturated heterocycles. The minimum atomic E-state index is 0.158. The summed E-state index contributed by atoms with van der Waals surface area (Å²) in [5.41, 5.74) is 9.31. The first-order chi connectivity index (χ1) is 22.1. The van der Waals surface area contributed by atoms with Crippen LogP contribution in [-0.4, -0.2) is 41.5 Å². The van der Waals surface area contributed by atoms with Crippen molar-refractivity contribution in [2.45, 2.75) is 95.1 Å². The molecule has 0 amide bonds. The van der Waals surface area contributed by atoms with Crippen LogP contribution in [0.25, 0.3) is 22.3 Å². The van der Waals surface area contributed by atoms with Crippen LogP contribution in [0.3, 0.4) is 0 Å². The third kappa shape index (κ3) is 4.68. The van der Waals surface area contributed by atoms with Gasteiger partial charge in [0.05, 0.1) is 5.54 Å². The second kappa shape index (κ2) is 11.2. The van der Waals surface area contributed by atoms with Gasteiger partial charge in [0.25, 0.3) is 0 Å². The Morgan fingerprint density at radius 1 is 0.800 bits per heavy atom. The largest absolute Gasteiger partial charge is 0.454 e. The summed E-state index contributed by atoms with van der Waals surface area (Å²) in [7, 11) is 0. The highest BCUT2D eigenvalue weighted by Gasteiger charge is 2.81. The molecule has 1 N–H and O–H groups in total. The smallest absolute Gasteiger partial charge is 0.231 e. The van der Waals surface area contributed by atoms with Crippen molar-refractivity contribution in [2.24, 2.45) is 29.6 Å². The molecule has 2 heterocycles.